The smallest absolute Gasteiger partial charge is 0.296 e. The maximum Gasteiger partial charge on any atom is 0.296 e. The van der Waals surface area contributed by atoms with E-state index in [0.717, 1.165) is 16.2 Å². The van der Waals surface area contributed by atoms with Gasteiger partial charge in [0, 0.05) is 10.7 Å². The topological polar surface area (TPSA) is 88.3 Å². The molecule has 0 bridgehead atoms. The molecule has 0 aliphatic rings. The number of benzene rings is 1. The average Bonchev–Trinajstić information content (AvgIpc) is 2.39. The Labute approximate surface area is 117 Å². The molecule has 0 unspecified atom stereocenters. The second-order valence-electron chi connectivity index (χ2n) is 3.78. The summed E-state index contributed by atoms with van der Waals surface area (Å²) in [6.45, 7) is 0.360. The molecule has 0 atom stereocenters. The van der Waals surface area contributed by atoms with E-state index in [9.17, 15) is 15.2 Å². The van der Waals surface area contributed by atoms with Crippen molar-refractivity contribution in [2.45, 2.75) is 6.54 Å². The van der Waals surface area contributed by atoms with E-state index in [1.165, 1.54) is 12.1 Å². The molecule has 2 N–H and O–H groups in total. The summed E-state index contributed by atoms with van der Waals surface area (Å²) in [5.74, 6) is -0.140. The molecular weight excluding hydrogens is 314 g/mol. The predicted octanol–water partition coefficient (Wildman–Crippen LogP) is 3.07. The number of hydrogen-bond donors (Lipinski definition) is 2. The summed E-state index contributed by atoms with van der Waals surface area (Å²) < 4.78 is 0.867. The highest BCUT2D eigenvalue weighted by atomic mass is 79.9. The zero-order chi connectivity index (χ0) is 13.8. The highest BCUT2D eigenvalue weighted by Crippen LogP contribution is 2.28. The molecular formula is C12H10BrN3O3. The van der Waals surface area contributed by atoms with Crippen molar-refractivity contribution in [2.75, 3.05) is 5.32 Å². The van der Waals surface area contributed by atoms with Gasteiger partial charge in [-0.3, -0.25) is 15.1 Å². The van der Waals surface area contributed by atoms with Crippen molar-refractivity contribution in [1.82, 2.24) is 4.98 Å². The van der Waals surface area contributed by atoms with Crippen molar-refractivity contribution in [3.05, 3.63) is 56.8 Å². The number of nitro benzene ring substituents is 1. The molecule has 2 rings (SSSR count). The van der Waals surface area contributed by atoms with E-state index in [4.69, 9.17) is 0 Å². The van der Waals surface area contributed by atoms with Crippen molar-refractivity contribution in [2.24, 2.45) is 0 Å². The van der Waals surface area contributed by atoms with Crippen LogP contribution in [0.4, 0.5) is 11.4 Å². The lowest BCUT2D eigenvalue weighted by Gasteiger charge is -2.07. The number of phenolic OH excluding ortho intramolecular Hbond substituents is 1. The summed E-state index contributed by atoms with van der Waals surface area (Å²) >= 11 is 3.28. The first kappa shape index (κ1) is 13.3. The minimum absolute atomic E-state index is 0.140. The summed E-state index contributed by atoms with van der Waals surface area (Å²) in [4.78, 5) is 14.5. The van der Waals surface area contributed by atoms with Gasteiger partial charge in [0.15, 0.2) is 0 Å². The number of aromatic nitrogens is 1. The quantitative estimate of drug-likeness (QED) is 0.513. The third kappa shape index (κ3) is 3.41. The van der Waals surface area contributed by atoms with Gasteiger partial charge in [0.05, 0.1) is 23.2 Å². The Morgan fingerprint density at radius 2 is 2.16 bits per heavy atom. The third-order valence-corrected chi connectivity index (χ3v) is 2.90. The predicted molar refractivity (Wildman–Crippen MR) is 74.0 cm³/mol. The van der Waals surface area contributed by atoms with Gasteiger partial charge in [-0.1, -0.05) is 0 Å². The SMILES string of the molecule is O=[N+]([O-])c1cc(O)ccc1NCc1ccc(Br)cn1. The fourth-order valence-electron chi connectivity index (χ4n) is 1.52. The van der Waals surface area contributed by atoms with Gasteiger partial charge in [0.1, 0.15) is 11.4 Å². The Bertz CT molecular complexity index is 602. The van der Waals surface area contributed by atoms with Gasteiger partial charge >= 0.3 is 0 Å². The lowest BCUT2D eigenvalue weighted by molar-refractivity contribution is -0.384. The Hall–Kier alpha value is -2.15. The highest BCUT2D eigenvalue weighted by molar-refractivity contribution is 9.10. The van der Waals surface area contributed by atoms with Crippen LogP contribution in [0, 0.1) is 10.1 Å². The molecule has 98 valence electrons. The Kier molecular flexibility index (Phi) is 3.96. The van der Waals surface area contributed by atoms with Gasteiger partial charge in [-0.05, 0) is 40.2 Å². The highest BCUT2D eigenvalue weighted by Gasteiger charge is 2.14. The van der Waals surface area contributed by atoms with E-state index in [0.29, 0.717) is 12.2 Å². The summed E-state index contributed by atoms with van der Waals surface area (Å²) in [6.07, 6.45) is 1.66. The molecule has 0 amide bonds. The fraction of sp³-hybridized carbons (Fsp3) is 0.0833. The number of halogens is 1. The first-order chi connectivity index (χ1) is 9.06. The Morgan fingerprint density at radius 1 is 1.37 bits per heavy atom. The third-order valence-electron chi connectivity index (χ3n) is 2.43. The number of nitro groups is 1. The van der Waals surface area contributed by atoms with Gasteiger partial charge in [-0.15, -0.1) is 0 Å². The van der Waals surface area contributed by atoms with Crippen molar-refractivity contribution in [1.29, 1.82) is 0 Å². The fourth-order valence-corrected chi connectivity index (χ4v) is 1.75. The zero-order valence-corrected chi connectivity index (χ0v) is 11.3. The van der Waals surface area contributed by atoms with Crippen LogP contribution < -0.4 is 5.32 Å². The second kappa shape index (κ2) is 5.66. The molecule has 7 heteroatoms. The molecule has 1 aromatic carbocycles. The summed E-state index contributed by atoms with van der Waals surface area (Å²) in [6, 6.07) is 7.62. The molecule has 0 spiro atoms. The number of nitrogens with one attached hydrogen (secondary N) is 1. The lowest BCUT2D eigenvalue weighted by atomic mass is 10.2. The van der Waals surface area contributed by atoms with E-state index < -0.39 is 4.92 Å². The molecule has 0 saturated carbocycles. The number of aromatic hydroxyl groups is 1. The number of phenols is 1. The normalized spacial score (nSPS) is 10.2. The second-order valence-corrected chi connectivity index (χ2v) is 4.70. The van der Waals surface area contributed by atoms with Gasteiger partial charge in [-0.2, -0.15) is 0 Å². The van der Waals surface area contributed by atoms with Crippen LogP contribution in [0.1, 0.15) is 5.69 Å². The van der Waals surface area contributed by atoms with Gasteiger partial charge in [0.25, 0.3) is 5.69 Å². The Balaban J connectivity index is 2.15. The van der Waals surface area contributed by atoms with Crippen molar-refractivity contribution in [3.63, 3.8) is 0 Å². The van der Waals surface area contributed by atoms with Crippen LogP contribution in [0.2, 0.25) is 0 Å². The molecule has 0 radical (unpaired) electrons. The maximum atomic E-state index is 10.9. The zero-order valence-electron chi connectivity index (χ0n) is 9.71. The summed E-state index contributed by atoms with van der Waals surface area (Å²) in [7, 11) is 0. The minimum Gasteiger partial charge on any atom is -0.508 e. The molecule has 0 aliphatic heterocycles. The van der Waals surface area contributed by atoms with Gasteiger partial charge < -0.3 is 10.4 Å². The molecule has 2 aromatic rings. The van der Waals surface area contributed by atoms with Crippen LogP contribution >= 0.6 is 15.9 Å². The van der Waals surface area contributed by atoms with E-state index in [1.807, 2.05) is 12.1 Å². The molecule has 0 aliphatic carbocycles. The van der Waals surface area contributed by atoms with Crippen molar-refractivity contribution in [3.8, 4) is 5.75 Å². The van der Waals surface area contributed by atoms with Crippen LogP contribution in [0.5, 0.6) is 5.75 Å². The number of rotatable bonds is 4. The largest absolute Gasteiger partial charge is 0.508 e. The summed E-state index contributed by atoms with van der Waals surface area (Å²) in [5, 5.41) is 23.0. The van der Waals surface area contributed by atoms with Crippen LogP contribution in [-0.4, -0.2) is 15.0 Å². The number of hydrogen-bond acceptors (Lipinski definition) is 5. The summed E-state index contributed by atoms with van der Waals surface area (Å²) in [5.41, 5.74) is 0.926. The van der Waals surface area contributed by atoms with E-state index in [-0.39, 0.29) is 11.4 Å². The minimum atomic E-state index is -0.545. The molecule has 0 fully saturated rings. The van der Waals surface area contributed by atoms with Crippen LogP contribution in [0.3, 0.4) is 0 Å². The molecule has 1 aromatic heterocycles. The number of pyridine rings is 1. The molecule has 6 nitrogen and oxygen atoms in total. The van der Waals surface area contributed by atoms with Crippen LogP contribution in [0.15, 0.2) is 41.0 Å². The molecule has 19 heavy (non-hydrogen) atoms. The first-order valence-corrected chi connectivity index (χ1v) is 6.17. The van der Waals surface area contributed by atoms with E-state index >= 15 is 0 Å². The van der Waals surface area contributed by atoms with E-state index in [1.54, 1.807) is 6.20 Å². The van der Waals surface area contributed by atoms with Crippen molar-refractivity contribution < 1.29 is 10.0 Å². The lowest BCUT2D eigenvalue weighted by Crippen LogP contribution is -2.03. The van der Waals surface area contributed by atoms with Crippen molar-refractivity contribution >= 4 is 27.3 Å². The van der Waals surface area contributed by atoms with Gasteiger partial charge in [0.2, 0.25) is 0 Å². The maximum absolute atomic E-state index is 10.9. The first-order valence-electron chi connectivity index (χ1n) is 5.38. The standard InChI is InChI=1S/C12H10BrN3O3/c13-8-1-2-9(14-6-8)7-15-11-4-3-10(17)5-12(11)16(18)19/h1-6,15,17H,7H2. The number of anilines is 1. The number of nitrogens with zero attached hydrogens (tertiary/aromatic N) is 2. The van der Waals surface area contributed by atoms with E-state index in [2.05, 4.69) is 26.2 Å². The monoisotopic (exact) mass is 323 g/mol. The average molecular weight is 324 g/mol. The molecule has 0 saturated heterocycles. The molecule has 1 heterocycles. The van der Waals surface area contributed by atoms with Crippen LogP contribution in [-0.2, 0) is 6.54 Å². The van der Waals surface area contributed by atoms with Gasteiger partial charge in [-0.25, -0.2) is 0 Å². The Morgan fingerprint density at radius 3 is 2.79 bits per heavy atom. The van der Waals surface area contributed by atoms with Crippen LogP contribution in [0.25, 0.3) is 0 Å².